The van der Waals surface area contributed by atoms with E-state index < -0.39 is 42.8 Å². The average Bonchev–Trinajstić information content (AvgIpc) is 2.24. The van der Waals surface area contributed by atoms with Crippen LogP contribution in [0, 0.1) is 0 Å². The molecule has 0 saturated carbocycles. The van der Waals surface area contributed by atoms with Crippen LogP contribution in [0.5, 0.6) is 0 Å². The Morgan fingerprint density at radius 3 is 1.11 bits per heavy atom. The molecule has 0 radical (unpaired) electrons. The third-order valence-corrected chi connectivity index (χ3v) is 1.40. The zero-order chi connectivity index (χ0) is 15.5. The van der Waals surface area contributed by atoms with Crippen LogP contribution in [-0.4, -0.2) is 18.1 Å². The first-order valence-corrected chi connectivity index (χ1v) is 3.84. The third kappa shape index (κ3) is 3.67. The van der Waals surface area contributed by atoms with Crippen molar-refractivity contribution in [1.29, 1.82) is 0 Å². The predicted octanol–water partition coefficient (Wildman–Crippen LogP) is 4.32. The maximum Gasteiger partial charge on any atom is 0.478 e. The van der Waals surface area contributed by atoms with Gasteiger partial charge in [-0.3, -0.25) is 0 Å². The number of rotatable bonds is 4. The lowest BCUT2D eigenvalue weighted by Gasteiger charge is -2.34. The Labute approximate surface area is 97.4 Å². The summed E-state index contributed by atoms with van der Waals surface area (Å²) in [5, 5.41) is 0. The molecule has 0 amide bonds. The van der Waals surface area contributed by atoms with Crippen molar-refractivity contribution in [2.75, 3.05) is 0 Å². The van der Waals surface area contributed by atoms with Gasteiger partial charge in [0.25, 0.3) is 0 Å². The van der Waals surface area contributed by atoms with E-state index >= 15 is 0 Å². The quantitative estimate of drug-likeness (QED) is 0.437. The molecule has 0 rings (SSSR count). The summed E-state index contributed by atoms with van der Waals surface area (Å²) in [6, 6.07) is -6.03. The van der Waals surface area contributed by atoms with Gasteiger partial charge in [-0.05, 0) is 0 Å². The summed E-state index contributed by atoms with van der Waals surface area (Å²) >= 11 is 0. The van der Waals surface area contributed by atoms with Gasteiger partial charge in [0.1, 0.15) is 0 Å². The Kier molecular flexibility index (Phi) is 5.09. The van der Waals surface area contributed by atoms with Crippen LogP contribution in [-0.2, 0) is 9.47 Å². The third-order valence-electron chi connectivity index (χ3n) is 1.40. The van der Waals surface area contributed by atoms with Gasteiger partial charge < -0.3 is 9.47 Å². The van der Waals surface area contributed by atoms with Gasteiger partial charge in [0.2, 0.25) is 0 Å². The molecule has 0 aliphatic carbocycles. The number of alkyl halides is 6. The first-order valence-electron chi connectivity index (χ1n) is 3.84. The Hall–Kier alpha value is -1.62. The van der Waals surface area contributed by atoms with E-state index in [0.717, 1.165) is 0 Å². The molecular weight excluding hydrogens is 306 g/mol. The standard InChI is InChI=1S/C7H2F10O2/c8-1-3(10)18-5(6(12,13)14,7(15,16)17)19-4(11)2-9/h1-2H/b3-1+,4-2+. The Morgan fingerprint density at radius 1 is 0.684 bits per heavy atom. The van der Waals surface area contributed by atoms with Crippen molar-refractivity contribution in [3.05, 3.63) is 24.7 Å². The normalized spacial score (nSPS) is 15.5. The number of halogens is 10. The SMILES string of the molecule is F/C=C(\F)OC(O/C(F)=C/F)(C(F)(F)F)C(F)(F)F. The second-order valence-corrected chi connectivity index (χ2v) is 2.64. The Balaban J connectivity index is 5.89. The Morgan fingerprint density at radius 2 is 0.947 bits per heavy atom. The molecule has 0 aromatic heterocycles. The minimum atomic E-state index is -6.61. The van der Waals surface area contributed by atoms with E-state index in [9.17, 15) is 43.9 Å². The van der Waals surface area contributed by atoms with Crippen LogP contribution in [0.15, 0.2) is 24.7 Å². The summed E-state index contributed by atoms with van der Waals surface area (Å²) in [7, 11) is 0. The van der Waals surface area contributed by atoms with Gasteiger partial charge in [0.05, 0.1) is 0 Å². The van der Waals surface area contributed by atoms with Gasteiger partial charge >= 0.3 is 30.2 Å². The van der Waals surface area contributed by atoms with Gasteiger partial charge in [0, 0.05) is 0 Å². The summed E-state index contributed by atoms with van der Waals surface area (Å²) in [4.78, 5) is 0. The first-order chi connectivity index (χ1) is 8.41. The first kappa shape index (κ1) is 17.4. The number of hydrogen-bond donors (Lipinski definition) is 0. The highest BCUT2D eigenvalue weighted by Gasteiger charge is 2.78. The maximum atomic E-state index is 12.3. The Bertz CT molecular complexity index is 329. The van der Waals surface area contributed by atoms with Gasteiger partial charge in [-0.25, -0.2) is 8.78 Å². The lowest BCUT2D eigenvalue weighted by Crippen LogP contribution is -2.60. The molecule has 0 fully saturated rings. The van der Waals surface area contributed by atoms with Crippen molar-refractivity contribution in [2.24, 2.45) is 0 Å². The molecule has 0 aliphatic heterocycles. The molecule has 0 bridgehead atoms. The van der Waals surface area contributed by atoms with E-state index in [2.05, 4.69) is 9.47 Å². The zero-order valence-electron chi connectivity index (χ0n) is 8.25. The van der Waals surface area contributed by atoms with Crippen molar-refractivity contribution in [3.8, 4) is 0 Å². The molecular formula is C7H2F10O2. The fourth-order valence-corrected chi connectivity index (χ4v) is 0.732. The maximum absolute atomic E-state index is 12.3. The molecule has 112 valence electrons. The molecule has 0 aliphatic rings. The molecule has 0 aromatic carbocycles. The van der Waals surface area contributed by atoms with Crippen LogP contribution in [0.1, 0.15) is 0 Å². The van der Waals surface area contributed by atoms with Crippen molar-refractivity contribution in [1.82, 2.24) is 0 Å². The monoisotopic (exact) mass is 308 g/mol. The fourth-order valence-electron chi connectivity index (χ4n) is 0.732. The van der Waals surface area contributed by atoms with Crippen LogP contribution in [0.2, 0.25) is 0 Å². The van der Waals surface area contributed by atoms with Gasteiger partial charge in [-0.1, -0.05) is 0 Å². The minimum absolute atomic E-state index is 1.41. The highest BCUT2D eigenvalue weighted by atomic mass is 19.4. The summed E-state index contributed by atoms with van der Waals surface area (Å²) in [5.41, 5.74) is 0. The number of ether oxygens (including phenoxy) is 2. The summed E-state index contributed by atoms with van der Waals surface area (Å²) < 4.78 is 126. The summed E-state index contributed by atoms with van der Waals surface area (Å²) in [6.07, 6.45) is -16.0. The summed E-state index contributed by atoms with van der Waals surface area (Å²) in [5.74, 6) is -5.95. The van der Waals surface area contributed by atoms with E-state index in [-0.39, 0.29) is 0 Å². The molecule has 0 spiro atoms. The van der Waals surface area contributed by atoms with Crippen LogP contribution in [0.3, 0.4) is 0 Å². The largest absolute Gasteiger partial charge is 0.478 e. The molecule has 0 heterocycles. The van der Waals surface area contributed by atoms with Crippen molar-refractivity contribution < 1.29 is 53.4 Å². The topological polar surface area (TPSA) is 18.5 Å². The van der Waals surface area contributed by atoms with Crippen LogP contribution in [0.4, 0.5) is 43.9 Å². The molecule has 19 heavy (non-hydrogen) atoms. The fraction of sp³-hybridized carbons (Fsp3) is 0.429. The molecule has 0 saturated heterocycles. The lowest BCUT2D eigenvalue weighted by molar-refractivity contribution is -0.458. The van der Waals surface area contributed by atoms with Crippen molar-refractivity contribution in [3.63, 3.8) is 0 Å². The van der Waals surface area contributed by atoms with E-state index in [4.69, 9.17) is 0 Å². The highest BCUT2D eigenvalue weighted by Crippen LogP contribution is 2.49. The lowest BCUT2D eigenvalue weighted by atomic mass is 10.2. The molecule has 2 nitrogen and oxygen atoms in total. The van der Waals surface area contributed by atoms with E-state index in [1.54, 1.807) is 0 Å². The van der Waals surface area contributed by atoms with Crippen molar-refractivity contribution in [2.45, 2.75) is 18.1 Å². The van der Waals surface area contributed by atoms with E-state index in [1.165, 1.54) is 0 Å². The second kappa shape index (κ2) is 5.57. The van der Waals surface area contributed by atoms with E-state index in [1.807, 2.05) is 0 Å². The summed E-state index contributed by atoms with van der Waals surface area (Å²) in [6.45, 7) is 0. The van der Waals surface area contributed by atoms with E-state index in [0.29, 0.717) is 0 Å². The van der Waals surface area contributed by atoms with Gasteiger partial charge in [-0.15, -0.1) is 0 Å². The molecule has 0 aromatic rings. The van der Waals surface area contributed by atoms with Crippen LogP contribution < -0.4 is 0 Å². The van der Waals surface area contributed by atoms with Crippen LogP contribution >= 0.6 is 0 Å². The second-order valence-electron chi connectivity index (χ2n) is 2.64. The smallest absolute Gasteiger partial charge is 0.410 e. The molecule has 0 N–H and O–H groups in total. The zero-order valence-corrected chi connectivity index (χ0v) is 8.25. The van der Waals surface area contributed by atoms with Gasteiger partial charge in [-0.2, -0.15) is 35.1 Å². The molecule has 0 unspecified atom stereocenters. The molecule has 0 atom stereocenters. The highest BCUT2D eigenvalue weighted by molar-refractivity contribution is 4.95. The van der Waals surface area contributed by atoms with Crippen LogP contribution in [0.25, 0.3) is 0 Å². The average molecular weight is 308 g/mol. The number of hydrogen-bond acceptors (Lipinski definition) is 2. The predicted molar refractivity (Wildman–Crippen MR) is 37.6 cm³/mol. The molecule has 12 heteroatoms. The van der Waals surface area contributed by atoms with Crippen molar-refractivity contribution >= 4 is 0 Å². The van der Waals surface area contributed by atoms with Gasteiger partial charge in [0.15, 0.2) is 12.7 Å². The minimum Gasteiger partial charge on any atom is -0.410 e.